The molecule has 0 spiro atoms. The lowest BCUT2D eigenvalue weighted by Crippen LogP contribution is -2.38. The van der Waals surface area contributed by atoms with Crippen molar-refractivity contribution in [2.45, 2.75) is 19.8 Å². The second kappa shape index (κ2) is 6.58. The van der Waals surface area contributed by atoms with Gasteiger partial charge in [0.2, 0.25) is 5.91 Å². The number of halogens is 1. The molecule has 23 heavy (non-hydrogen) atoms. The second-order valence-corrected chi connectivity index (χ2v) is 6.32. The third-order valence-corrected chi connectivity index (χ3v) is 4.40. The summed E-state index contributed by atoms with van der Waals surface area (Å²) in [6, 6.07) is 3.76. The Hall–Kier alpha value is -2.08. The molecule has 3 heterocycles. The van der Waals surface area contributed by atoms with E-state index in [-0.39, 0.29) is 11.8 Å². The zero-order valence-electron chi connectivity index (χ0n) is 13.3. The number of nitrogens with zero attached hydrogens (tertiary/aromatic N) is 4. The summed E-state index contributed by atoms with van der Waals surface area (Å²) in [5.41, 5.74) is 1.63. The average Bonchev–Trinajstić information content (AvgIpc) is 2.86. The van der Waals surface area contributed by atoms with E-state index < -0.39 is 0 Å². The fraction of sp³-hybridized carbons (Fsp3) is 0.438. The Morgan fingerprint density at radius 1 is 1.35 bits per heavy atom. The first kappa shape index (κ1) is 15.8. The van der Waals surface area contributed by atoms with Gasteiger partial charge in [-0.2, -0.15) is 5.10 Å². The van der Waals surface area contributed by atoms with Gasteiger partial charge in [0.25, 0.3) is 0 Å². The van der Waals surface area contributed by atoms with Crippen LogP contribution in [0, 0.1) is 12.8 Å². The van der Waals surface area contributed by atoms with Crippen molar-refractivity contribution in [2.24, 2.45) is 13.0 Å². The molecule has 0 atom stereocenters. The van der Waals surface area contributed by atoms with Gasteiger partial charge in [0.1, 0.15) is 5.82 Å². The van der Waals surface area contributed by atoms with Crippen LogP contribution in [0.1, 0.15) is 18.5 Å². The number of carbonyl (C=O) groups excluding carboxylic acids is 1. The highest BCUT2D eigenvalue weighted by molar-refractivity contribution is 6.30. The zero-order chi connectivity index (χ0) is 16.4. The Kier molecular flexibility index (Phi) is 4.52. The quantitative estimate of drug-likeness (QED) is 0.938. The molecule has 1 saturated heterocycles. The maximum atomic E-state index is 12.4. The lowest BCUT2D eigenvalue weighted by molar-refractivity contribution is -0.120. The molecule has 0 bridgehead atoms. The molecule has 1 amide bonds. The molecule has 2 aromatic rings. The minimum Gasteiger partial charge on any atom is -0.357 e. The van der Waals surface area contributed by atoms with Crippen LogP contribution >= 0.6 is 11.6 Å². The number of nitrogens with one attached hydrogen (secondary N) is 1. The van der Waals surface area contributed by atoms with Gasteiger partial charge in [0.15, 0.2) is 0 Å². The van der Waals surface area contributed by atoms with Gasteiger partial charge >= 0.3 is 0 Å². The molecule has 0 saturated carbocycles. The number of aromatic nitrogens is 3. The van der Waals surface area contributed by atoms with Crippen molar-refractivity contribution < 1.29 is 4.79 Å². The molecule has 6 nitrogen and oxygen atoms in total. The van der Waals surface area contributed by atoms with Gasteiger partial charge in [-0.05, 0) is 31.9 Å². The molecule has 0 aromatic carbocycles. The molecule has 7 heteroatoms. The highest BCUT2D eigenvalue weighted by Crippen LogP contribution is 2.24. The van der Waals surface area contributed by atoms with Crippen molar-refractivity contribution in [3.05, 3.63) is 35.2 Å². The van der Waals surface area contributed by atoms with Crippen molar-refractivity contribution in [1.29, 1.82) is 0 Å². The Morgan fingerprint density at radius 3 is 2.65 bits per heavy atom. The number of carbonyl (C=O) groups is 1. The van der Waals surface area contributed by atoms with Crippen molar-refractivity contribution in [3.63, 3.8) is 0 Å². The number of rotatable bonds is 3. The lowest BCUT2D eigenvalue weighted by Gasteiger charge is -2.32. The van der Waals surface area contributed by atoms with Gasteiger partial charge in [-0.25, -0.2) is 4.98 Å². The van der Waals surface area contributed by atoms with Crippen LogP contribution in [0.25, 0.3) is 0 Å². The van der Waals surface area contributed by atoms with E-state index in [1.165, 1.54) is 0 Å². The molecule has 0 unspecified atom stereocenters. The highest BCUT2D eigenvalue weighted by Gasteiger charge is 2.26. The van der Waals surface area contributed by atoms with E-state index in [0.717, 1.165) is 43.1 Å². The van der Waals surface area contributed by atoms with Gasteiger partial charge in [0, 0.05) is 38.4 Å². The normalized spacial score (nSPS) is 15.7. The van der Waals surface area contributed by atoms with E-state index in [1.807, 2.05) is 32.3 Å². The molecule has 3 rings (SSSR count). The summed E-state index contributed by atoms with van der Waals surface area (Å²) in [5.74, 6) is 1.01. The summed E-state index contributed by atoms with van der Waals surface area (Å²) < 4.78 is 1.71. The summed E-state index contributed by atoms with van der Waals surface area (Å²) in [6.07, 6.45) is 5.12. The van der Waals surface area contributed by atoms with Crippen molar-refractivity contribution >= 4 is 29.0 Å². The van der Waals surface area contributed by atoms with E-state index in [1.54, 1.807) is 10.9 Å². The summed E-state index contributed by atoms with van der Waals surface area (Å²) in [6.45, 7) is 3.53. The summed E-state index contributed by atoms with van der Waals surface area (Å²) in [5, 5.41) is 7.87. The van der Waals surface area contributed by atoms with Crippen LogP contribution in [-0.4, -0.2) is 33.8 Å². The monoisotopic (exact) mass is 333 g/mol. The van der Waals surface area contributed by atoms with Crippen molar-refractivity contribution in [3.8, 4) is 0 Å². The summed E-state index contributed by atoms with van der Waals surface area (Å²) in [4.78, 5) is 18.9. The van der Waals surface area contributed by atoms with Crippen LogP contribution in [0.5, 0.6) is 0 Å². The standard InChI is InChI=1S/C16H20ClN5O/c1-11-14(10-21(2)20-11)19-16(23)12-5-7-22(8-6-12)15-4-3-13(17)9-18-15/h3-4,9-10,12H,5-8H2,1-2H3,(H,19,23). The van der Waals surface area contributed by atoms with E-state index in [2.05, 4.69) is 20.3 Å². The number of anilines is 2. The number of aryl methyl sites for hydroxylation is 2. The second-order valence-electron chi connectivity index (χ2n) is 5.89. The summed E-state index contributed by atoms with van der Waals surface area (Å²) in [7, 11) is 1.85. The summed E-state index contributed by atoms with van der Waals surface area (Å²) >= 11 is 5.87. The first-order valence-electron chi connectivity index (χ1n) is 7.70. The fourth-order valence-electron chi connectivity index (χ4n) is 2.88. The largest absolute Gasteiger partial charge is 0.357 e. The first-order valence-corrected chi connectivity index (χ1v) is 8.08. The Bertz CT molecular complexity index is 689. The predicted octanol–water partition coefficient (Wildman–Crippen LogP) is 2.63. The average molecular weight is 334 g/mol. The Labute approximate surface area is 140 Å². The third-order valence-electron chi connectivity index (χ3n) is 4.17. The highest BCUT2D eigenvalue weighted by atomic mass is 35.5. The van der Waals surface area contributed by atoms with Gasteiger partial charge in [-0.1, -0.05) is 11.6 Å². The van der Waals surface area contributed by atoms with Crippen molar-refractivity contribution in [2.75, 3.05) is 23.3 Å². The smallest absolute Gasteiger partial charge is 0.227 e. The van der Waals surface area contributed by atoms with E-state index in [9.17, 15) is 4.79 Å². The fourth-order valence-corrected chi connectivity index (χ4v) is 2.99. The number of piperidine rings is 1. The van der Waals surface area contributed by atoms with E-state index in [4.69, 9.17) is 11.6 Å². The van der Waals surface area contributed by atoms with Gasteiger partial charge in [-0.3, -0.25) is 9.48 Å². The van der Waals surface area contributed by atoms with Crippen LogP contribution in [0.15, 0.2) is 24.5 Å². The maximum Gasteiger partial charge on any atom is 0.227 e. The predicted molar refractivity (Wildman–Crippen MR) is 90.8 cm³/mol. The number of amides is 1. The SMILES string of the molecule is Cc1nn(C)cc1NC(=O)C1CCN(c2ccc(Cl)cn2)CC1. The first-order chi connectivity index (χ1) is 11.0. The molecular formula is C16H20ClN5O. The minimum atomic E-state index is 0.0261. The molecule has 1 N–H and O–H groups in total. The van der Waals surface area contributed by atoms with Gasteiger partial charge in [-0.15, -0.1) is 0 Å². The van der Waals surface area contributed by atoms with Gasteiger partial charge in [0.05, 0.1) is 16.4 Å². The third kappa shape index (κ3) is 3.64. The number of pyridine rings is 1. The molecule has 0 radical (unpaired) electrons. The van der Waals surface area contributed by atoms with Crippen molar-refractivity contribution in [1.82, 2.24) is 14.8 Å². The minimum absolute atomic E-state index is 0.0261. The van der Waals surface area contributed by atoms with E-state index >= 15 is 0 Å². The topological polar surface area (TPSA) is 63.1 Å². The zero-order valence-corrected chi connectivity index (χ0v) is 14.0. The van der Waals surface area contributed by atoms with Crippen LogP contribution in [0.2, 0.25) is 5.02 Å². The molecule has 1 aliphatic heterocycles. The molecular weight excluding hydrogens is 314 g/mol. The van der Waals surface area contributed by atoms with Crippen LogP contribution < -0.4 is 10.2 Å². The number of hydrogen-bond acceptors (Lipinski definition) is 4. The Morgan fingerprint density at radius 2 is 2.09 bits per heavy atom. The van der Waals surface area contributed by atoms with Crippen LogP contribution in [-0.2, 0) is 11.8 Å². The molecule has 1 aliphatic rings. The number of hydrogen-bond donors (Lipinski definition) is 1. The maximum absolute atomic E-state index is 12.4. The lowest BCUT2D eigenvalue weighted by atomic mass is 9.96. The van der Waals surface area contributed by atoms with Gasteiger partial charge < -0.3 is 10.2 Å². The van der Waals surface area contributed by atoms with E-state index in [0.29, 0.717) is 5.02 Å². The molecule has 2 aromatic heterocycles. The molecule has 1 fully saturated rings. The Balaban J connectivity index is 1.57. The van der Waals surface area contributed by atoms with Crippen LogP contribution in [0.3, 0.4) is 0 Å². The molecule has 122 valence electrons. The van der Waals surface area contributed by atoms with Crippen LogP contribution in [0.4, 0.5) is 11.5 Å². The molecule has 0 aliphatic carbocycles.